The van der Waals surface area contributed by atoms with E-state index in [1.54, 1.807) is 0 Å². The van der Waals surface area contributed by atoms with Crippen LogP contribution in [0.1, 0.15) is 18.2 Å². The molecule has 0 aliphatic rings. The highest BCUT2D eigenvalue weighted by atomic mass is 15.3. The quantitative estimate of drug-likeness (QED) is 0.688. The first-order valence-electron chi connectivity index (χ1n) is 6.34. The zero-order chi connectivity index (χ0) is 12.5. The Morgan fingerprint density at radius 1 is 1.22 bits per heavy atom. The number of benzene rings is 1. The van der Waals surface area contributed by atoms with E-state index in [1.165, 1.54) is 22.2 Å². The minimum Gasteiger partial charge on any atom is -0.340 e. The number of aromatic nitrogens is 3. The summed E-state index contributed by atoms with van der Waals surface area (Å²) in [5.74, 6) is 0. The topological polar surface area (TPSA) is 22.8 Å². The molecule has 0 saturated carbocycles. The number of fused-ring (bicyclic) bond motifs is 1. The molecule has 0 fully saturated rings. The Labute approximate surface area is 107 Å². The second-order valence-corrected chi connectivity index (χ2v) is 4.63. The van der Waals surface area contributed by atoms with Crippen molar-refractivity contribution in [3.8, 4) is 0 Å². The molecule has 2 heterocycles. The second-order valence-electron chi connectivity index (χ2n) is 4.63. The Morgan fingerprint density at radius 2 is 2.06 bits per heavy atom. The molecule has 92 valence electrons. The number of nitrogens with zero attached hydrogens (tertiary/aromatic N) is 3. The van der Waals surface area contributed by atoms with Crippen LogP contribution in [-0.2, 0) is 13.1 Å². The number of para-hydroxylation sites is 1. The Hall–Kier alpha value is -2.03. The van der Waals surface area contributed by atoms with E-state index in [2.05, 4.69) is 60.0 Å². The minimum atomic E-state index is 0.888. The van der Waals surface area contributed by atoms with Crippen LogP contribution < -0.4 is 0 Å². The van der Waals surface area contributed by atoms with Gasteiger partial charge < -0.3 is 4.57 Å². The van der Waals surface area contributed by atoms with Gasteiger partial charge in [-0.05, 0) is 31.4 Å². The molecule has 0 radical (unpaired) electrons. The van der Waals surface area contributed by atoms with Gasteiger partial charge in [0.15, 0.2) is 0 Å². The van der Waals surface area contributed by atoms with Crippen LogP contribution in [0.2, 0.25) is 0 Å². The van der Waals surface area contributed by atoms with Crippen molar-refractivity contribution in [1.82, 2.24) is 14.3 Å². The van der Waals surface area contributed by atoms with Gasteiger partial charge >= 0.3 is 0 Å². The molecule has 3 rings (SSSR count). The van der Waals surface area contributed by atoms with Crippen molar-refractivity contribution in [2.24, 2.45) is 0 Å². The molecule has 3 heteroatoms. The molecule has 3 aromatic rings. The maximum Gasteiger partial charge on any atom is 0.0539 e. The van der Waals surface area contributed by atoms with Crippen LogP contribution in [0.5, 0.6) is 0 Å². The zero-order valence-electron chi connectivity index (χ0n) is 10.8. The van der Waals surface area contributed by atoms with Crippen LogP contribution in [-0.4, -0.2) is 14.3 Å². The fourth-order valence-corrected chi connectivity index (χ4v) is 2.40. The molecule has 0 unspecified atom stereocenters. The summed E-state index contributed by atoms with van der Waals surface area (Å²) in [6, 6.07) is 10.7. The summed E-state index contributed by atoms with van der Waals surface area (Å²) >= 11 is 0. The fourth-order valence-electron chi connectivity index (χ4n) is 2.40. The smallest absolute Gasteiger partial charge is 0.0539 e. The molecule has 18 heavy (non-hydrogen) atoms. The summed E-state index contributed by atoms with van der Waals surface area (Å²) in [4.78, 5) is 0. The van der Waals surface area contributed by atoms with Crippen LogP contribution in [0.4, 0.5) is 0 Å². The number of aryl methyl sites for hydroxylation is 2. The largest absolute Gasteiger partial charge is 0.340 e. The van der Waals surface area contributed by atoms with Gasteiger partial charge in [0, 0.05) is 29.5 Å². The van der Waals surface area contributed by atoms with E-state index < -0.39 is 0 Å². The first-order valence-corrected chi connectivity index (χ1v) is 6.34. The fraction of sp³-hybridized carbons (Fsp3) is 0.267. The highest BCUT2D eigenvalue weighted by molar-refractivity contribution is 5.81. The summed E-state index contributed by atoms with van der Waals surface area (Å²) in [5, 5.41) is 5.63. The highest BCUT2D eigenvalue weighted by Gasteiger charge is 2.06. The predicted molar refractivity (Wildman–Crippen MR) is 73.7 cm³/mol. The molecule has 0 N–H and O–H groups in total. The molecular weight excluding hydrogens is 222 g/mol. The summed E-state index contributed by atoms with van der Waals surface area (Å²) in [7, 11) is 0. The summed E-state index contributed by atoms with van der Waals surface area (Å²) in [5.41, 5.74) is 3.83. The normalized spacial score (nSPS) is 11.2. The van der Waals surface area contributed by atoms with Crippen molar-refractivity contribution >= 4 is 10.9 Å². The van der Waals surface area contributed by atoms with E-state index >= 15 is 0 Å². The van der Waals surface area contributed by atoms with Gasteiger partial charge in [0.2, 0.25) is 0 Å². The molecule has 3 nitrogen and oxygen atoms in total. The third-order valence-corrected chi connectivity index (χ3v) is 3.37. The number of hydrogen-bond donors (Lipinski definition) is 0. The van der Waals surface area contributed by atoms with Crippen molar-refractivity contribution in [1.29, 1.82) is 0 Å². The molecule has 0 aliphatic heterocycles. The molecule has 1 aromatic carbocycles. The van der Waals surface area contributed by atoms with Gasteiger partial charge in [0.05, 0.1) is 12.7 Å². The van der Waals surface area contributed by atoms with E-state index in [4.69, 9.17) is 0 Å². The first-order chi connectivity index (χ1) is 8.78. The lowest BCUT2D eigenvalue weighted by Gasteiger charge is -2.06. The third-order valence-electron chi connectivity index (χ3n) is 3.37. The summed E-state index contributed by atoms with van der Waals surface area (Å²) < 4.78 is 4.31. The number of hydrogen-bond acceptors (Lipinski definition) is 1. The summed E-state index contributed by atoms with van der Waals surface area (Å²) in [6.45, 7) is 6.07. The molecular formula is C15H17N3. The SMILES string of the molecule is CCn1cc(Cn2c(C)cc3ccccc32)cn1. The monoisotopic (exact) mass is 239 g/mol. The van der Waals surface area contributed by atoms with Crippen LogP contribution in [0.3, 0.4) is 0 Å². The Bertz CT molecular complexity index is 676. The summed E-state index contributed by atoms with van der Waals surface area (Å²) in [6.07, 6.45) is 4.08. The zero-order valence-corrected chi connectivity index (χ0v) is 10.8. The third kappa shape index (κ3) is 1.82. The van der Waals surface area contributed by atoms with Crippen molar-refractivity contribution in [2.45, 2.75) is 26.9 Å². The van der Waals surface area contributed by atoms with Gasteiger partial charge in [-0.25, -0.2) is 0 Å². The van der Waals surface area contributed by atoms with Crippen LogP contribution in [0.25, 0.3) is 10.9 Å². The van der Waals surface area contributed by atoms with Gasteiger partial charge in [-0.3, -0.25) is 4.68 Å². The number of rotatable bonds is 3. The lowest BCUT2D eigenvalue weighted by Crippen LogP contribution is -2.00. The van der Waals surface area contributed by atoms with Gasteiger partial charge in [-0.15, -0.1) is 0 Å². The highest BCUT2D eigenvalue weighted by Crippen LogP contribution is 2.20. The predicted octanol–water partition coefficient (Wildman–Crippen LogP) is 3.21. The first kappa shape index (κ1) is 11.1. The molecule has 0 bridgehead atoms. The van der Waals surface area contributed by atoms with E-state index in [0.29, 0.717) is 0 Å². The van der Waals surface area contributed by atoms with E-state index in [-0.39, 0.29) is 0 Å². The standard InChI is InChI=1S/C15H17N3/c1-3-17-10-13(9-16-17)11-18-12(2)8-14-6-4-5-7-15(14)18/h4-10H,3,11H2,1-2H3. The van der Waals surface area contributed by atoms with Crippen LogP contribution in [0.15, 0.2) is 42.7 Å². The van der Waals surface area contributed by atoms with Crippen molar-refractivity contribution in [3.05, 3.63) is 54.0 Å². The van der Waals surface area contributed by atoms with Gasteiger partial charge in [0.1, 0.15) is 0 Å². The molecule has 0 atom stereocenters. The lowest BCUT2D eigenvalue weighted by molar-refractivity contribution is 0.658. The van der Waals surface area contributed by atoms with Gasteiger partial charge in [-0.2, -0.15) is 5.10 Å². The van der Waals surface area contributed by atoms with Crippen LogP contribution in [0, 0.1) is 6.92 Å². The maximum atomic E-state index is 4.33. The van der Waals surface area contributed by atoms with Gasteiger partial charge in [0.25, 0.3) is 0 Å². The Morgan fingerprint density at radius 3 is 2.83 bits per heavy atom. The van der Waals surface area contributed by atoms with Gasteiger partial charge in [-0.1, -0.05) is 18.2 Å². The Kier molecular flexibility index (Phi) is 2.67. The van der Waals surface area contributed by atoms with Crippen LogP contribution >= 0.6 is 0 Å². The van der Waals surface area contributed by atoms with E-state index in [0.717, 1.165) is 13.1 Å². The van der Waals surface area contributed by atoms with Crippen molar-refractivity contribution < 1.29 is 0 Å². The minimum absolute atomic E-state index is 0.888. The molecule has 0 aliphatic carbocycles. The van der Waals surface area contributed by atoms with Crippen molar-refractivity contribution in [3.63, 3.8) is 0 Å². The lowest BCUT2D eigenvalue weighted by atomic mass is 10.2. The average Bonchev–Trinajstić information content (AvgIpc) is 2.96. The second kappa shape index (κ2) is 4.33. The molecule has 0 amide bonds. The average molecular weight is 239 g/mol. The van der Waals surface area contributed by atoms with E-state index in [1.807, 2.05) is 10.9 Å². The van der Waals surface area contributed by atoms with E-state index in [9.17, 15) is 0 Å². The Balaban J connectivity index is 2.01. The molecule has 0 spiro atoms. The molecule has 0 saturated heterocycles. The van der Waals surface area contributed by atoms with Crippen molar-refractivity contribution in [2.75, 3.05) is 0 Å². The maximum absolute atomic E-state index is 4.33. The molecule has 2 aromatic heterocycles.